The molecule has 2 aromatic carbocycles. The lowest BCUT2D eigenvalue weighted by Crippen LogP contribution is -2.44. The van der Waals surface area contributed by atoms with E-state index in [-0.39, 0.29) is 30.6 Å². The summed E-state index contributed by atoms with van der Waals surface area (Å²) in [6, 6.07) is 13.5. The Morgan fingerprint density at radius 3 is 2.47 bits per heavy atom. The van der Waals surface area contributed by atoms with Gasteiger partial charge in [-0.15, -0.1) is 0 Å². The van der Waals surface area contributed by atoms with Crippen LogP contribution in [0.3, 0.4) is 0 Å². The van der Waals surface area contributed by atoms with Gasteiger partial charge in [0.15, 0.2) is 17.3 Å². The third-order valence-corrected chi connectivity index (χ3v) is 6.69. The van der Waals surface area contributed by atoms with E-state index in [1.807, 2.05) is 38.1 Å². The van der Waals surface area contributed by atoms with Crippen molar-refractivity contribution in [3.05, 3.63) is 53.1 Å². The number of anilines is 1. The number of aryl methyl sites for hydroxylation is 2. The van der Waals surface area contributed by atoms with Crippen LogP contribution in [0.1, 0.15) is 40.7 Å². The van der Waals surface area contributed by atoms with Crippen molar-refractivity contribution in [3.63, 3.8) is 0 Å². The highest BCUT2D eigenvalue weighted by molar-refractivity contribution is 5.98. The van der Waals surface area contributed by atoms with Crippen LogP contribution < -0.4 is 14.4 Å². The smallest absolute Gasteiger partial charge is 0.241 e. The molecule has 0 spiro atoms. The van der Waals surface area contributed by atoms with Crippen LogP contribution >= 0.6 is 0 Å². The Labute approximate surface area is 200 Å². The van der Waals surface area contributed by atoms with Gasteiger partial charge >= 0.3 is 0 Å². The van der Waals surface area contributed by atoms with Crippen molar-refractivity contribution in [2.75, 3.05) is 44.3 Å². The lowest BCUT2D eigenvalue weighted by molar-refractivity contribution is -0.120. The first-order chi connectivity index (χ1) is 16.5. The second kappa shape index (κ2) is 10.7. The number of carbonyl (C=O) groups excluding carboxylic acids is 2. The van der Waals surface area contributed by atoms with Crippen molar-refractivity contribution in [2.24, 2.45) is 5.92 Å². The molecule has 2 aliphatic heterocycles. The lowest BCUT2D eigenvalue weighted by atomic mass is 9.88. The molecule has 1 amide bonds. The molecule has 1 fully saturated rings. The lowest BCUT2D eigenvalue weighted by Gasteiger charge is -2.32. The molecule has 1 saturated heterocycles. The fraction of sp³-hybridized carbons (Fsp3) is 0.444. The molecule has 4 rings (SSSR count). The minimum absolute atomic E-state index is 0.0184. The third-order valence-electron chi connectivity index (χ3n) is 6.69. The van der Waals surface area contributed by atoms with Gasteiger partial charge in [-0.05, 0) is 81.2 Å². The number of piperidine rings is 1. The maximum absolute atomic E-state index is 13.2. The number of nitrogens with zero attached hydrogens (tertiary/aromatic N) is 3. The van der Waals surface area contributed by atoms with E-state index in [4.69, 9.17) is 14.7 Å². The van der Waals surface area contributed by atoms with E-state index in [1.165, 1.54) is 5.56 Å². The Morgan fingerprint density at radius 2 is 1.76 bits per heavy atom. The molecule has 0 bridgehead atoms. The van der Waals surface area contributed by atoms with Gasteiger partial charge in [-0.1, -0.05) is 6.07 Å². The summed E-state index contributed by atoms with van der Waals surface area (Å²) in [6.45, 7) is 7.10. The average molecular weight is 462 g/mol. The molecule has 2 heterocycles. The van der Waals surface area contributed by atoms with Crippen LogP contribution in [0.5, 0.6) is 11.5 Å². The number of nitriles is 1. The monoisotopic (exact) mass is 461 g/mol. The molecule has 7 nitrogen and oxygen atoms in total. The molecule has 0 N–H and O–H groups in total. The van der Waals surface area contributed by atoms with Crippen LogP contribution in [0.2, 0.25) is 0 Å². The van der Waals surface area contributed by atoms with Gasteiger partial charge in [-0.25, -0.2) is 0 Å². The number of ether oxygens (including phenoxy) is 2. The molecule has 0 atom stereocenters. The molecular weight excluding hydrogens is 430 g/mol. The third kappa shape index (κ3) is 5.40. The topological polar surface area (TPSA) is 82.9 Å². The summed E-state index contributed by atoms with van der Waals surface area (Å²) in [4.78, 5) is 30.1. The van der Waals surface area contributed by atoms with Crippen molar-refractivity contribution in [1.82, 2.24) is 4.90 Å². The number of benzene rings is 2. The van der Waals surface area contributed by atoms with Crippen LogP contribution in [0.25, 0.3) is 0 Å². The highest BCUT2D eigenvalue weighted by Gasteiger charge is 2.29. The Balaban J connectivity index is 1.35. The first kappa shape index (κ1) is 23.8. The fourth-order valence-electron chi connectivity index (χ4n) is 4.52. The first-order valence-corrected chi connectivity index (χ1v) is 11.9. The van der Waals surface area contributed by atoms with Gasteiger partial charge < -0.3 is 14.4 Å². The summed E-state index contributed by atoms with van der Waals surface area (Å²) in [6.07, 6.45) is 1.70. The summed E-state index contributed by atoms with van der Waals surface area (Å²) in [5.74, 6) is 1.34. The molecule has 0 aromatic heterocycles. The fourth-order valence-corrected chi connectivity index (χ4v) is 4.52. The quantitative estimate of drug-likeness (QED) is 0.582. The van der Waals surface area contributed by atoms with Gasteiger partial charge in [0, 0.05) is 23.7 Å². The highest BCUT2D eigenvalue weighted by Crippen LogP contribution is 2.32. The van der Waals surface area contributed by atoms with Gasteiger partial charge in [0.1, 0.15) is 13.2 Å². The van der Waals surface area contributed by atoms with E-state index in [2.05, 4.69) is 11.0 Å². The van der Waals surface area contributed by atoms with Crippen LogP contribution in [0.15, 0.2) is 36.4 Å². The van der Waals surface area contributed by atoms with Crippen molar-refractivity contribution in [3.8, 4) is 17.6 Å². The summed E-state index contributed by atoms with van der Waals surface area (Å²) in [5.41, 5.74) is 3.76. The van der Waals surface area contributed by atoms with Gasteiger partial charge in [-0.2, -0.15) is 5.26 Å². The van der Waals surface area contributed by atoms with E-state index < -0.39 is 0 Å². The molecule has 2 aliphatic rings. The Bertz CT molecular complexity index is 1100. The summed E-state index contributed by atoms with van der Waals surface area (Å²) >= 11 is 0. The Kier molecular flexibility index (Phi) is 7.49. The zero-order valence-corrected chi connectivity index (χ0v) is 19.9. The predicted molar refractivity (Wildman–Crippen MR) is 129 cm³/mol. The van der Waals surface area contributed by atoms with Crippen molar-refractivity contribution in [1.29, 1.82) is 5.26 Å². The van der Waals surface area contributed by atoms with Crippen LogP contribution in [-0.2, 0) is 4.79 Å². The molecule has 34 heavy (non-hydrogen) atoms. The molecule has 0 unspecified atom stereocenters. The predicted octanol–water partition coefficient (Wildman–Crippen LogP) is 3.92. The van der Waals surface area contributed by atoms with Crippen LogP contribution in [0, 0.1) is 31.1 Å². The van der Waals surface area contributed by atoms with Gasteiger partial charge in [0.05, 0.1) is 19.0 Å². The van der Waals surface area contributed by atoms with E-state index in [0.29, 0.717) is 62.8 Å². The molecule has 178 valence electrons. The molecule has 0 radical (unpaired) electrons. The number of hydrogen-bond acceptors (Lipinski definition) is 6. The SMILES string of the molecule is Cc1ccc(N(CCC#N)C(=O)CN2CCC(C(=O)c3ccc4c(c3)OCCO4)CC2)cc1C. The first-order valence-electron chi connectivity index (χ1n) is 11.9. The van der Waals surface area contributed by atoms with Crippen molar-refractivity contribution >= 4 is 17.4 Å². The average Bonchev–Trinajstić information content (AvgIpc) is 2.86. The van der Waals surface area contributed by atoms with E-state index in [0.717, 1.165) is 11.3 Å². The number of carbonyl (C=O) groups is 2. The minimum Gasteiger partial charge on any atom is -0.486 e. The Morgan fingerprint density at radius 1 is 1.03 bits per heavy atom. The van der Waals surface area contributed by atoms with E-state index in [9.17, 15) is 9.59 Å². The molecule has 0 aliphatic carbocycles. The summed E-state index contributed by atoms with van der Waals surface area (Å²) in [5, 5.41) is 9.06. The normalized spacial score (nSPS) is 16.0. The van der Waals surface area contributed by atoms with Crippen LogP contribution in [0.4, 0.5) is 5.69 Å². The number of ketones is 1. The van der Waals surface area contributed by atoms with Gasteiger partial charge in [-0.3, -0.25) is 14.5 Å². The summed E-state index contributed by atoms with van der Waals surface area (Å²) in [7, 11) is 0. The van der Waals surface area contributed by atoms with Crippen molar-refractivity contribution < 1.29 is 19.1 Å². The zero-order valence-electron chi connectivity index (χ0n) is 19.9. The Hall–Kier alpha value is -3.37. The van der Waals surface area contributed by atoms with Gasteiger partial charge in [0.25, 0.3) is 0 Å². The summed E-state index contributed by atoms with van der Waals surface area (Å²) < 4.78 is 11.2. The number of likely N-dealkylation sites (tertiary alicyclic amines) is 1. The minimum atomic E-state index is -0.0663. The van der Waals surface area contributed by atoms with E-state index in [1.54, 1.807) is 17.0 Å². The van der Waals surface area contributed by atoms with Crippen molar-refractivity contribution in [2.45, 2.75) is 33.1 Å². The molecule has 7 heteroatoms. The molecule has 2 aromatic rings. The number of fused-ring (bicyclic) bond motifs is 1. The number of hydrogen-bond donors (Lipinski definition) is 0. The zero-order chi connectivity index (χ0) is 24.1. The molecule has 0 saturated carbocycles. The number of amides is 1. The maximum atomic E-state index is 13.2. The number of Topliss-reactive ketones (excluding diaryl/α,β-unsaturated/α-hetero) is 1. The van der Waals surface area contributed by atoms with E-state index >= 15 is 0 Å². The largest absolute Gasteiger partial charge is 0.486 e. The number of rotatable bonds is 7. The van der Waals surface area contributed by atoms with Gasteiger partial charge in [0.2, 0.25) is 5.91 Å². The molecular formula is C27H31N3O4. The second-order valence-electron chi connectivity index (χ2n) is 9.00. The highest BCUT2D eigenvalue weighted by atomic mass is 16.6. The standard InChI is InChI=1S/C27H31N3O4/c1-19-4-6-23(16-20(19)2)30(11-3-10-28)26(31)18-29-12-8-21(9-13-29)27(32)22-5-7-24-25(17-22)34-15-14-33-24/h4-7,16-17,21H,3,8-9,11-15,18H2,1-2H3. The maximum Gasteiger partial charge on any atom is 0.241 e. The van der Waals surface area contributed by atoms with Crippen LogP contribution in [-0.4, -0.2) is 56.0 Å². The second-order valence-corrected chi connectivity index (χ2v) is 9.00.